The molecule has 0 aliphatic heterocycles. The average Bonchev–Trinajstić information content (AvgIpc) is 2.02. The first-order valence-electron chi connectivity index (χ1n) is 4.31. The molecule has 0 spiro atoms. The maximum Gasteiger partial charge on any atom is 0.332 e. The predicted molar refractivity (Wildman–Crippen MR) is 48.2 cm³/mol. The second-order valence-corrected chi connectivity index (χ2v) is 3.49. The predicted octanol–water partition coefficient (Wildman–Crippen LogP) is 1.60. The lowest BCUT2D eigenvalue weighted by atomic mass is 9.87. The van der Waals surface area contributed by atoms with Crippen LogP contribution in [-0.2, 0) is 9.59 Å². The molecule has 1 N–H and O–H groups in total. The highest BCUT2D eigenvalue weighted by Crippen LogP contribution is 2.25. The number of isocyanates is 1. The molecule has 4 nitrogen and oxygen atoms in total. The minimum atomic E-state index is -1.27. The van der Waals surface area contributed by atoms with Gasteiger partial charge >= 0.3 is 5.97 Å². The molecule has 0 aliphatic rings. The number of carboxylic acids is 1. The van der Waals surface area contributed by atoms with Crippen molar-refractivity contribution in [2.45, 2.75) is 39.2 Å². The summed E-state index contributed by atoms with van der Waals surface area (Å²) < 4.78 is 0. The number of carboxylic acid groups (broad SMARTS) is 1. The van der Waals surface area contributed by atoms with E-state index in [0.29, 0.717) is 12.8 Å². The number of rotatable bonds is 5. The topological polar surface area (TPSA) is 66.7 Å². The smallest absolute Gasteiger partial charge is 0.332 e. The Morgan fingerprint density at radius 2 is 2.15 bits per heavy atom. The van der Waals surface area contributed by atoms with Crippen molar-refractivity contribution in [1.29, 1.82) is 0 Å². The highest BCUT2D eigenvalue weighted by atomic mass is 16.4. The van der Waals surface area contributed by atoms with E-state index >= 15 is 0 Å². The summed E-state index contributed by atoms with van der Waals surface area (Å²) in [5, 5.41) is 8.93. The highest BCUT2D eigenvalue weighted by Gasteiger charge is 2.37. The Kier molecular flexibility index (Phi) is 4.35. The van der Waals surface area contributed by atoms with Gasteiger partial charge < -0.3 is 5.11 Å². The molecule has 0 saturated heterocycles. The van der Waals surface area contributed by atoms with Crippen molar-refractivity contribution in [1.82, 2.24) is 0 Å². The van der Waals surface area contributed by atoms with E-state index in [1.54, 1.807) is 6.92 Å². The maximum absolute atomic E-state index is 10.9. The summed E-state index contributed by atoms with van der Waals surface area (Å²) in [6, 6.07) is 0. The van der Waals surface area contributed by atoms with Crippen molar-refractivity contribution >= 4 is 12.0 Å². The van der Waals surface area contributed by atoms with Crippen LogP contribution in [0.2, 0.25) is 0 Å². The quantitative estimate of drug-likeness (QED) is 0.522. The van der Waals surface area contributed by atoms with Crippen molar-refractivity contribution in [3.8, 4) is 0 Å². The van der Waals surface area contributed by atoms with Gasteiger partial charge in [0.15, 0.2) is 5.54 Å². The number of nitrogens with zero attached hydrogens (tertiary/aromatic N) is 1. The molecule has 0 radical (unpaired) electrons. The molecule has 0 rings (SSSR count). The Balaban J connectivity index is 4.86. The van der Waals surface area contributed by atoms with E-state index in [9.17, 15) is 9.59 Å². The minimum Gasteiger partial charge on any atom is -0.479 e. The Bertz CT molecular complexity index is 227. The summed E-state index contributed by atoms with van der Waals surface area (Å²) in [6.07, 6.45) is 2.02. The summed E-state index contributed by atoms with van der Waals surface area (Å²) in [5.41, 5.74) is -1.27. The number of carbonyl (C=O) groups is 1. The van der Waals surface area contributed by atoms with Gasteiger partial charge in [0.05, 0.1) is 0 Å². The van der Waals surface area contributed by atoms with Gasteiger partial charge in [0.25, 0.3) is 0 Å². The number of hydrogen-bond acceptors (Lipinski definition) is 3. The van der Waals surface area contributed by atoms with E-state index in [1.165, 1.54) is 6.08 Å². The minimum absolute atomic E-state index is 0.188. The fourth-order valence-corrected chi connectivity index (χ4v) is 1.32. The first kappa shape index (κ1) is 11.8. The molecular weight excluding hydrogens is 170 g/mol. The van der Waals surface area contributed by atoms with E-state index in [1.807, 2.05) is 13.8 Å². The fourth-order valence-electron chi connectivity index (χ4n) is 1.32. The lowest BCUT2D eigenvalue weighted by Gasteiger charge is -2.23. The lowest BCUT2D eigenvalue weighted by molar-refractivity contribution is -0.144. The molecule has 1 atom stereocenters. The third-order valence-electron chi connectivity index (χ3n) is 1.99. The van der Waals surface area contributed by atoms with Gasteiger partial charge in [-0.1, -0.05) is 20.8 Å². The molecule has 0 aromatic heterocycles. The molecule has 0 aromatic rings. The van der Waals surface area contributed by atoms with Gasteiger partial charge in [0.2, 0.25) is 6.08 Å². The Hall–Kier alpha value is -1.15. The largest absolute Gasteiger partial charge is 0.479 e. The molecule has 0 heterocycles. The van der Waals surface area contributed by atoms with Gasteiger partial charge in [0, 0.05) is 0 Å². The van der Waals surface area contributed by atoms with E-state index in [-0.39, 0.29) is 5.92 Å². The monoisotopic (exact) mass is 185 g/mol. The maximum atomic E-state index is 10.9. The zero-order chi connectivity index (χ0) is 10.5. The molecule has 74 valence electrons. The van der Waals surface area contributed by atoms with Gasteiger partial charge in [-0.05, 0) is 18.8 Å². The SMILES string of the molecule is CCC(CC(C)C)(N=C=O)C(=O)O. The highest BCUT2D eigenvalue weighted by molar-refractivity contribution is 5.80. The average molecular weight is 185 g/mol. The van der Waals surface area contributed by atoms with Gasteiger partial charge in [0.1, 0.15) is 0 Å². The van der Waals surface area contributed by atoms with Gasteiger partial charge in [-0.25, -0.2) is 9.59 Å². The molecule has 0 aliphatic carbocycles. The molecule has 4 heteroatoms. The van der Waals surface area contributed by atoms with Gasteiger partial charge in [-0.2, -0.15) is 4.99 Å². The molecule has 1 unspecified atom stereocenters. The second-order valence-electron chi connectivity index (χ2n) is 3.49. The Labute approximate surface area is 77.7 Å². The molecule has 0 bridgehead atoms. The second kappa shape index (κ2) is 4.77. The van der Waals surface area contributed by atoms with Crippen LogP contribution in [0.1, 0.15) is 33.6 Å². The van der Waals surface area contributed by atoms with Crippen LogP contribution in [0.15, 0.2) is 4.99 Å². The van der Waals surface area contributed by atoms with Gasteiger partial charge in [-0.3, -0.25) is 0 Å². The Morgan fingerprint density at radius 1 is 1.62 bits per heavy atom. The zero-order valence-corrected chi connectivity index (χ0v) is 8.20. The van der Waals surface area contributed by atoms with E-state index in [0.717, 1.165) is 0 Å². The number of aliphatic carboxylic acids is 1. The van der Waals surface area contributed by atoms with Crippen molar-refractivity contribution in [3.05, 3.63) is 0 Å². The van der Waals surface area contributed by atoms with E-state index < -0.39 is 11.5 Å². The lowest BCUT2D eigenvalue weighted by Crippen LogP contribution is -2.37. The summed E-state index contributed by atoms with van der Waals surface area (Å²) in [6.45, 7) is 5.50. The van der Waals surface area contributed by atoms with Crippen LogP contribution < -0.4 is 0 Å². The van der Waals surface area contributed by atoms with Gasteiger partial charge in [-0.15, -0.1) is 0 Å². The third kappa shape index (κ3) is 2.99. The van der Waals surface area contributed by atoms with E-state index in [4.69, 9.17) is 5.11 Å². The number of carbonyl (C=O) groups excluding carboxylic acids is 1. The van der Waals surface area contributed by atoms with Crippen LogP contribution in [0.3, 0.4) is 0 Å². The van der Waals surface area contributed by atoms with Crippen LogP contribution in [0.4, 0.5) is 0 Å². The zero-order valence-electron chi connectivity index (χ0n) is 8.20. The van der Waals surface area contributed by atoms with Crippen LogP contribution in [0, 0.1) is 5.92 Å². The number of hydrogen-bond donors (Lipinski definition) is 1. The molecule has 0 amide bonds. The molecule has 0 saturated carbocycles. The summed E-state index contributed by atoms with van der Waals surface area (Å²) >= 11 is 0. The van der Waals surface area contributed by atoms with Crippen LogP contribution in [0.25, 0.3) is 0 Å². The molecular formula is C9H15NO3. The summed E-state index contributed by atoms with van der Waals surface area (Å²) in [7, 11) is 0. The van der Waals surface area contributed by atoms with Crippen LogP contribution >= 0.6 is 0 Å². The molecule has 0 aromatic carbocycles. The number of aliphatic imine (C=N–C) groups is 1. The molecule has 0 fully saturated rings. The van der Waals surface area contributed by atoms with Crippen molar-refractivity contribution in [2.24, 2.45) is 10.9 Å². The first-order chi connectivity index (χ1) is 5.98. The Morgan fingerprint density at radius 3 is 2.38 bits per heavy atom. The van der Waals surface area contributed by atoms with Crippen molar-refractivity contribution in [3.63, 3.8) is 0 Å². The summed E-state index contributed by atoms with van der Waals surface area (Å²) in [5.74, 6) is -0.861. The van der Waals surface area contributed by atoms with Crippen molar-refractivity contribution < 1.29 is 14.7 Å². The third-order valence-corrected chi connectivity index (χ3v) is 1.99. The van der Waals surface area contributed by atoms with Crippen LogP contribution in [-0.4, -0.2) is 22.7 Å². The normalized spacial score (nSPS) is 14.8. The van der Waals surface area contributed by atoms with Crippen LogP contribution in [0.5, 0.6) is 0 Å². The molecule has 13 heavy (non-hydrogen) atoms. The summed E-state index contributed by atoms with van der Waals surface area (Å²) in [4.78, 5) is 24.4. The first-order valence-corrected chi connectivity index (χ1v) is 4.31. The standard InChI is InChI=1S/C9H15NO3/c1-4-9(8(12)13,10-6-11)5-7(2)3/h7H,4-5H2,1-3H3,(H,12,13). The fraction of sp³-hybridized carbons (Fsp3) is 0.778. The van der Waals surface area contributed by atoms with E-state index in [2.05, 4.69) is 4.99 Å². The van der Waals surface area contributed by atoms with Crippen molar-refractivity contribution in [2.75, 3.05) is 0 Å².